The maximum Gasteiger partial charge on any atom is 0.303 e. The van der Waals surface area contributed by atoms with E-state index in [9.17, 15) is 19.1 Å². The Kier molecular flexibility index (Phi) is 12.6. The van der Waals surface area contributed by atoms with Crippen LogP contribution in [0.4, 0.5) is 4.39 Å². The molecule has 0 unspecified atom stereocenters. The number of carboxylic acids is 2. The summed E-state index contributed by atoms with van der Waals surface area (Å²) in [6.45, 7) is 2.61. The first kappa shape index (κ1) is 33.2. The van der Waals surface area contributed by atoms with Crippen molar-refractivity contribution in [3.63, 3.8) is 0 Å². The van der Waals surface area contributed by atoms with Gasteiger partial charge in [0.05, 0.1) is 13.2 Å². The van der Waals surface area contributed by atoms with Crippen LogP contribution in [0, 0.1) is 12.7 Å². The molecule has 0 amide bonds. The Balaban J connectivity index is 1.32. The first-order chi connectivity index (χ1) is 21.8. The molecule has 4 aromatic rings. The van der Waals surface area contributed by atoms with Gasteiger partial charge in [-0.05, 0) is 114 Å². The lowest BCUT2D eigenvalue weighted by atomic mass is 9.96. The summed E-state index contributed by atoms with van der Waals surface area (Å²) >= 11 is 0. The molecule has 0 heterocycles. The Hall–Kier alpha value is -4.65. The molecule has 0 aliphatic heterocycles. The third-order valence-corrected chi connectivity index (χ3v) is 7.73. The molecule has 0 saturated heterocycles. The van der Waals surface area contributed by atoms with Crippen molar-refractivity contribution in [2.45, 2.75) is 64.7 Å². The van der Waals surface area contributed by atoms with Crippen molar-refractivity contribution in [3.8, 4) is 33.8 Å². The third kappa shape index (κ3) is 10.5. The molecule has 0 fully saturated rings. The van der Waals surface area contributed by atoms with Crippen LogP contribution in [0.5, 0.6) is 11.5 Å². The molecule has 0 saturated carbocycles. The smallest absolute Gasteiger partial charge is 0.303 e. The van der Waals surface area contributed by atoms with Crippen molar-refractivity contribution in [1.82, 2.24) is 0 Å². The Morgan fingerprint density at radius 1 is 0.644 bits per heavy atom. The number of aliphatic carboxylic acids is 2. The highest BCUT2D eigenvalue weighted by molar-refractivity contribution is 5.75. The lowest BCUT2D eigenvalue weighted by molar-refractivity contribution is -0.138. The number of ether oxygens (including phenoxy) is 2. The molecule has 4 aromatic carbocycles. The number of hydrogen-bond donors (Lipinski definition) is 2. The van der Waals surface area contributed by atoms with Gasteiger partial charge in [-0.25, -0.2) is 4.39 Å². The number of hydrogen-bond acceptors (Lipinski definition) is 4. The second-order valence-corrected chi connectivity index (χ2v) is 11.2. The van der Waals surface area contributed by atoms with E-state index >= 15 is 0 Å². The zero-order valence-electron chi connectivity index (χ0n) is 25.8. The molecule has 45 heavy (non-hydrogen) atoms. The first-order valence-electron chi connectivity index (χ1n) is 15.6. The minimum Gasteiger partial charge on any atom is -0.494 e. The largest absolute Gasteiger partial charge is 0.494 e. The number of halogens is 1. The molecule has 236 valence electrons. The van der Waals surface area contributed by atoms with Gasteiger partial charge in [-0.15, -0.1) is 0 Å². The highest BCUT2D eigenvalue weighted by Crippen LogP contribution is 2.32. The van der Waals surface area contributed by atoms with Gasteiger partial charge in [-0.2, -0.15) is 0 Å². The Morgan fingerprint density at radius 2 is 1.36 bits per heavy atom. The summed E-state index contributed by atoms with van der Waals surface area (Å²) < 4.78 is 26.0. The van der Waals surface area contributed by atoms with E-state index < -0.39 is 11.9 Å². The molecule has 0 atom stereocenters. The van der Waals surface area contributed by atoms with Gasteiger partial charge in [0.15, 0.2) is 0 Å². The maximum absolute atomic E-state index is 13.9. The third-order valence-electron chi connectivity index (χ3n) is 7.73. The van der Waals surface area contributed by atoms with Crippen LogP contribution in [0.1, 0.15) is 61.6 Å². The van der Waals surface area contributed by atoms with E-state index in [-0.39, 0.29) is 25.3 Å². The van der Waals surface area contributed by atoms with Gasteiger partial charge in [0.25, 0.3) is 0 Å². The summed E-state index contributed by atoms with van der Waals surface area (Å²) in [4.78, 5) is 22.1. The number of carboxylic acid groups (broad SMARTS) is 2. The molecular weight excluding hydrogens is 571 g/mol. The highest BCUT2D eigenvalue weighted by Gasteiger charge is 2.13. The summed E-state index contributed by atoms with van der Waals surface area (Å²) in [6.07, 6.45) is 5.42. The van der Waals surface area contributed by atoms with Gasteiger partial charge in [0.1, 0.15) is 17.3 Å². The molecular formula is C38H41FO6. The van der Waals surface area contributed by atoms with Crippen LogP contribution in [-0.4, -0.2) is 35.4 Å². The van der Waals surface area contributed by atoms with Crippen LogP contribution >= 0.6 is 0 Å². The molecule has 6 nitrogen and oxygen atoms in total. The van der Waals surface area contributed by atoms with Crippen molar-refractivity contribution in [3.05, 3.63) is 107 Å². The van der Waals surface area contributed by atoms with Crippen molar-refractivity contribution in [2.75, 3.05) is 13.2 Å². The lowest BCUT2D eigenvalue weighted by Crippen LogP contribution is -2.07. The van der Waals surface area contributed by atoms with E-state index in [1.165, 1.54) is 6.07 Å². The minimum atomic E-state index is -0.866. The van der Waals surface area contributed by atoms with Gasteiger partial charge < -0.3 is 19.7 Å². The van der Waals surface area contributed by atoms with E-state index in [4.69, 9.17) is 14.6 Å². The monoisotopic (exact) mass is 612 g/mol. The van der Waals surface area contributed by atoms with Crippen LogP contribution in [-0.2, 0) is 22.4 Å². The van der Waals surface area contributed by atoms with E-state index in [1.807, 2.05) is 54.6 Å². The average molecular weight is 613 g/mol. The Morgan fingerprint density at radius 3 is 2.09 bits per heavy atom. The summed E-state index contributed by atoms with van der Waals surface area (Å²) in [5.74, 6) is -0.540. The number of unbranched alkanes of at least 4 members (excludes halogenated alkanes) is 3. The zero-order valence-corrected chi connectivity index (χ0v) is 25.8. The normalized spacial score (nSPS) is 10.9. The minimum absolute atomic E-state index is 0.00773. The molecule has 4 rings (SSSR count). The van der Waals surface area contributed by atoms with E-state index in [1.54, 1.807) is 13.0 Å². The Bertz CT molecular complexity index is 1570. The first-order valence-corrected chi connectivity index (χ1v) is 15.6. The molecule has 0 radical (unpaired) electrons. The summed E-state index contributed by atoms with van der Waals surface area (Å²) in [7, 11) is 0. The van der Waals surface area contributed by atoms with Crippen LogP contribution in [0.2, 0.25) is 0 Å². The molecule has 2 N–H and O–H groups in total. The van der Waals surface area contributed by atoms with Crippen LogP contribution < -0.4 is 9.47 Å². The van der Waals surface area contributed by atoms with Crippen molar-refractivity contribution < 1.29 is 33.7 Å². The second kappa shape index (κ2) is 17.0. The molecule has 0 aliphatic rings. The fourth-order valence-electron chi connectivity index (χ4n) is 5.33. The fourth-order valence-corrected chi connectivity index (χ4v) is 5.33. The average Bonchev–Trinajstić information content (AvgIpc) is 3.03. The SMILES string of the molecule is Cc1cc(-c2cc(OCCCCCCc3cccc(OCCCC(=O)O)c3CCC(=O)O)cc(-c3ccccc3)c2)ccc1F. The van der Waals surface area contributed by atoms with E-state index in [2.05, 4.69) is 18.2 Å². The zero-order chi connectivity index (χ0) is 32.0. The topological polar surface area (TPSA) is 93.1 Å². The van der Waals surface area contributed by atoms with Crippen LogP contribution in [0.25, 0.3) is 22.3 Å². The number of rotatable bonds is 18. The van der Waals surface area contributed by atoms with Crippen LogP contribution in [0.15, 0.2) is 84.9 Å². The van der Waals surface area contributed by atoms with Gasteiger partial charge in [0, 0.05) is 12.8 Å². The summed E-state index contributed by atoms with van der Waals surface area (Å²) in [5.41, 5.74) is 6.60. The molecule has 7 heteroatoms. The fraction of sp³-hybridized carbons (Fsp3) is 0.316. The van der Waals surface area contributed by atoms with Gasteiger partial charge in [-0.1, -0.05) is 61.4 Å². The number of carbonyl (C=O) groups is 2. The summed E-state index contributed by atoms with van der Waals surface area (Å²) in [6, 6.07) is 27.2. The molecule has 0 bridgehead atoms. The standard InChI is InChI=1S/C38H41FO6/c1-27-23-30(17-19-35(27)39)32-24-31(28-11-6-4-7-12-28)25-33(26-32)44-21-8-3-2-5-13-29-14-9-15-36(34(29)18-20-38(42)43)45-22-10-16-37(40)41/h4,6-7,9,11-12,14-15,17,19,23-26H,2-3,5,8,10,13,16,18,20-22H2,1H3,(H,40,41)(H,42,43). The summed E-state index contributed by atoms with van der Waals surface area (Å²) in [5, 5.41) is 18.1. The molecule has 0 aromatic heterocycles. The maximum atomic E-state index is 13.9. The van der Waals surface area contributed by atoms with Crippen molar-refractivity contribution >= 4 is 11.9 Å². The van der Waals surface area contributed by atoms with Gasteiger partial charge in [-0.3, -0.25) is 9.59 Å². The number of benzene rings is 4. The predicted molar refractivity (Wildman–Crippen MR) is 174 cm³/mol. The van der Waals surface area contributed by atoms with E-state index in [0.717, 1.165) is 71.2 Å². The van der Waals surface area contributed by atoms with Crippen molar-refractivity contribution in [2.24, 2.45) is 0 Å². The predicted octanol–water partition coefficient (Wildman–Crippen LogP) is 8.91. The number of aryl methyl sites for hydroxylation is 2. The Labute approximate surface area is 264 Å². The van der Waals surface area contributed by atoms with Gasteiger partial charge in [0.2, 0.25) is 0 Å². The highest BCUT2D eigenvalue weighted by atomic mass is 19.1. The van der Waals surface area contributed by atoms with E-state index in [0.29, 0.717) is 30.8 Å². The second-order valence-electron chi connectivity index (χ2n) is 11.2. The van der Waals surface area contributed by atoms with Crippen LogP contribution in [0.3, 0.4) is 0 Å². The van der Waals surface area contributed by atoms with Crippen molar-refractivity contribution in [1.29, 1.82) is 0 Å². The molecule has 0 aliphatic carbocycles. The van der Waals surface area contributed by atoms with Gasteiger partial charge >= 0.3 is 11.9 Å². The molecule has 0 spiro atoms. The lowest BCUT2D eigenvalue weighted by Gasteiger charge is -2.15. The quantitative estimate of drug-likeness (QED) is 0.109.